The molecule has 2 rings (SSSR count). The van der Waals surface area contributed by atoms with Crippen molar-refractivity contribution in [2.24, 2.45) is 11.7 Å². The van der Waals surface area contributed by atoms with Gasteiger partial charge in [-0.2, -0.15) is 0 Å². The summed E-state index contributed by atoms with van der Waals surface area (Å²) in [6.45, 7) is 4.24. The van der Waals surface area contributed by atoms with Gasteiger partial charge in [0.25, 0.3) is 0 Å². The monoisotopic (exact) mass is 233 g/mol. The Morgan fingerprint density at radius 2 is 2.24 bits per heavy atom. The highest BCUT2D eigenvalue weighted by molar-refractivity contribution is 5.93. The van der Waals surface area contributed by atoms with Gasteiger partial charge in [0.1, 0.15) is 11.5 Å². The number of hydrogen-bond acceptors (Lipinski definition) is 4. The summed E-state index contributed by atoms with van der Waals surface area (Å²) in [5.74, 6) is 1.53. The standard InChI is InChI=1S/C12H19N5/c1-2-9-4-7-17(8-5-9)12-15-6-3-10(16-12)11(13)14/h3,6,9H,2,4-5,7-8H2,1H3,(H3,13,14). The Balaban J connectivity index is 2.08. The second kappa shape index (κ2) is 5.12. The molecule has 0 unspecified atom stereocenters. The molecule has 5 nitrogen and oxygen atoms in total. The minimum atomic E-state index is -0.00269. The molecule has 1 aliphatic heterocycles. The van der Waals surface area contributed by atoms with Gasteiger partial charge in [-0.1, -0.05) is 13.3 Å². The third-order valence-electron chi connectivity index (χ3n) is 3.39. The van der Waals surface area contributed by atoms with Gasteiger partial charge in [0, 0.05) is 19.3 Å². The van der Waals surface area contributed by atoms with Gasteiger partial charge in [0.2, 0.25) is 5.95 Å². The number of nitrogens with two attached hydrogens (primary N) is 1. The highest BCUT2D eigenvalue weighted by atomic mass is 15.3. The Kier molecular flexibility index (Phi) is 3.56. The summed E-state index contributed by atoms with van der Waals surface area (Å²) in [6, 6.07) is 1.67. The third kappa shape index (κ3) is 2.72. The maximum absolute atomic E-state index is 7.38. The Hall–Kier alpha value is -1.65. The van der Waals surface area contributed by atoms with E-state index < -0.39 is 0 Å². The van der Waals surface area contributed by atoms with Gasteiger partial charge in [0.15, 0.2) is 0 Å². The van der Waals surface area contributed by atoms with Crippen LogP contribution in [0.2, 0.25) is 0 Å². The van der Waals surface area contributed by atoms with E-state index in [9.17, 15) is 0 Å². The second-order valence-electron chi connectivity index (χ2n) is 4.49. The first kappa shape index (κ1) is 11.8. The van der Waals surface area contributed by atoms with Crippen LogP contribution in [-0.4, -0.2) is 28.9 Å². The number of nitrogen functional groups attached to an aromatic ring is 1. The van der Waals surface area contributed by atoms with E-state index in [0.717, 1.165) is 19.0 Å². The zero-order valence-corrected chi connectivity index (χ0v) is 10.2. The molecule has 2 heterocycles. The van der Waals surface area contributed by atoms with Crippen molar-refractivity contribution < 1.29 is 0 Å². The zero-order valence-electron chi connectivity index (χ0n) is 10.2. The van der Waals surface area contributed by atoms with E-state index in [-0.39, 0.29) is 5.84 Å². The van der Waals surface area contributed by atoms with Crippen LogP contribution in [0.1, 0.15) is 31.9 Å². The zero-order chi connectivity index (χ0) is 12.3. The average Bonchev–Trinajstić information content (AvgIpc) is 2.39. The lowest BCUT2D eigenvalue weighted by atomic mass is 9.95. The average molecular weight is 233 g/mol. The first-order valence-corrected chi connectivity index (χ1v) is 6.13. The molecule has 0 radical (unpaired) electrons. The van der Waals surface area contributed by atoms with Gasteiger partial charge >= 0.3 is 0 Å². The summed E-state index contributed by atoms with van der Waals surface area (Å²) in [7, 11) is 0. The van der Waals surface area contributed by atoms with Crippen LogP contribution in [0.5, 0.6) is 0 Å². The number of nitrogens with one attached hydrogen (secondary N) is 1. The molecule has 1 aromatic heterocycles. The Morgan fingerprint density at radius 1 is 1.53 bits per heavy atom. The molecule has 1 aliphatic rings. The van der Waals surface area contributed by atoms with Gasteiger partial charge in [-0.15, -0.1) is 0 Å². The molecule has 0 spiro atoms. The maximum atomic E-state index is 7.38. The molecule has 0 amide bonds. The lowest BCUT2D eigenvalue weighted by molar-refractivity contribution is 0.392. The lowest BCUT2D eigenvalue weighted by Gasteiger charge is -2.31. The molecule has 0 aliphatic carbocycles. The van der Waals surface area contributed by atoms with Crippen LogP contribution in [0.25, 0.3) is 0 Å². The number of rotatable bonds is 3. The van der Waals surface area contributed by atoms with Gasteiger partial charge in [-0.05, 0) is 24.8 Å². The predicted molar refractivity (Wildman–Crippen MR) is 68.3 cm³/mol. The molecule has 0 atom stereocenters. The largest absolute Gasteiger partial charge is 0.382 e. The molecule has 17 heavy (non-hydrogen) atoms. The van der Waals surface area contributed by atoms with Crippen LogP contribution in [0.15, 0.2) is 12.3 Å². The summed E-state index contributed by atoms with van der Waals surface area (Å²) >= 11 is 0. The third-order valence-corrected chi connectivity index (χ3v) is 3.39. The summed E-state index contributed by atoms with van der Waals surface area (Å²) in [4.78, 5) is 10.8. The predicted octanol–water partition coefficient (Wildman–Crippen LogP) is 1.39. The van der Waals surface area contributed by atoms with Gasteiger partial charge < -0.3 is 10.6 Å². The molecule has 1 fully saturated rings. The van der Waals surface area contributed by atoms with Crippen LogP contribution in [0.3, 0.4) is 0 Å². The van der Waals surface area contributed by atoms with Crippen molar-refractivity contribution in [2.75, 3.05) is 18.0 Å². The number of anilines is 1. The van der Waals surface area contributed by atoms with Crippen molar-refractivity contribution in [1.82, 2.24) is 9.97 Å². The fourth-order valence-electron chi connectivity index (χ4n) is 2.19. The van der Waals surface area contributed by atoms with E-state index in [1.807, 2.05) is 0 Å². The number of amidine groups is 1. The van der Waals surface area contributed by atoms with Gasteiger partial charge in [-0.25, -0.2) is 9.97 Å². The fraction of sp³-hybridized carbons (Fsp3) is 0.583. The maximum Gasteiger partial charge on any atom is 0.225 e. The molecule has 0 saturated carbocycles. The molecule has 1 saturated heterocycles. The fourth-order valence-corrected chi connectivity index (χ4v) is 2.19. The van der Waals surface area contributed by atoms with Crippen molar-refractivity contribution in [3.63, 3.8) is 0 Å². The van der Waals surface area contributed by atoms with E-state index in [2.05, 4.69) is 21.8 Å². The Morgan fingerprint density at radius 3 is 2.82 bits per heavy atom. The van der Waals surface area contributed by atoms with Gasteiger partial charge in [-0.3, -0.25) is 5.41 Å². The summed E-state index contributed by atoms with van der Waals surface area (Å²) in [5, 5.41) is 7.38. The summed E-state index contributed by atoms with van der Waals surface area (Å²) in [5.41, 5.74) is 5.94. The Labute approximate surface area is 102 Å². The second-order valence-corrected chi connectivity index (χ2v) is 4.49. The smallest absolute Gasteiger partial charge is 0.225 e. The molecule has 1 aromatic rings. The van der Waals surface area contributed by atoms with Crippen molar-refractivity contribution in [2.45, 2.75) is 26.2 Å². The lowest BCUT2D eigenvalue weighted by Crippen LogP contribution is -2.35. The van der Waals surface area contributed by atoms with Crippen molar-refractivity contribution in [1.29, 1.82) is 5.41 Å². The quantitative estimate of drug-likeness (QED) is 0.610. The van der Waals surface area contributed by atoms with Crippen LogP contribution < -0.4 is 10.6 Å². The highest BCUT2D eigenvalue weighted by Gasteiger charge is 2.19. The Bertz CT molecular complexity index is 396. The van der Waals surface area contributed by atoms with Crippen LogP contribution in [0, 0.1) is 11.3 Å². The molecule has 5 heteroatoms. The molecular weight excluding hydrogens is 214 g/mol. The van der Waals surface area contributed by atoms with E-state index in [0.29, 0.717) is 11.6 Å². The van der Waals surface area contributed by atoms with E-state index in [1.165, 1.54) is 19.3 Å². The van der Waals surface area contributed by atoms with Gasteiger partial charge in [0.05, 0.1) is 0 Å². The SMILES string of the molecule is CCC1CCN(c2nccc(C(=N)N)n2)CC1. The number of nitrogens with zero attached hydrogens (tertiary/aromatic N) is 3. The van der Waals surface area contributed by atoms with Crippen molar-refractivity contribution in [3.8, 4) is 0 Å². The first-order chi connectivity index (χ1) is 8.20. The first-order valence-electron chi connectivity index (χ1n) is 6.13. The normalized spacial score (nSPS) is 17.1. The molecule has 0 aromatic carbocycles. The van der Waals surface area contributed by atoms with Crippen LogP contribution in [0.4, 0.5) is 5.95 Å². The molecule has 92 valence electrons. The minimum Gasteiger partial charge on any atom is -0.382 e. The molecule has 0 bridgehead atoms. The summed E-state index contributed by atoms with van der Waals surface area (Å²) < 4.78 is 0. The van der Waals surface area contributed by atoms with Crippen molar-refractivity contribution >= 4 is 11.8 Å². The molecular formula is C12H19N5. The minimum absolute atomic E-state index is 0.00269. The highest BCUT2D eigenvalue weighted by Crippen LogP contribution is 2.22. The number of hydrogen-bond donors (Lipinski definition) is 2. The number of aromatic nitrogens is 2. The van der Waals surface area contributed by atoms with E-state index >= 15 is 0 Å². The van der Waals surface area contributed by atoms with Crippen LogP contribution in [-0.2, 0) is 0 Å². The summed E-state index contributed by atoms with van der Waals surface area (Å²) in [6.07, 6.45) is 5.32. The molecule has 3 N–H and O–H groups in total. The van der Waals surface area contributed by atoms with E-state index in [1.54, 1.807) is 12.3 Å². The number of piperidine rings is 1. The topological polar surface area (TPSA) is 78.9 Å². The van der Waals surface area contributed by atoms with Crippen LogP contribution >= 0.6 is 0 Å². The van der Waals surface area contributed by atoms with Crippen molar-refractivity contribution in [3.05, 3.63) is 18.0 Å². The van der Waals surface area contributed by atoms with E-state index in [4.69, 9.17) is 11.1 Å².